The Kier molecular flexibility index (Phi) is 4.53. The van der Waals surface area contributed by atoms with Crippen LogP contribution in [-0.4, -0.2) is 5.78 Å². The number of ketones is 1. The third-order valence-corrected chi connectivity index (χ3v) is 4.33. The molecule has 1 heteroatoms. The highest BCUT2D eigenvalue weighted by atomic mass is 16.1. The first-order valence-electron chi connectivity index (χ1n) is 8.25. The van der Waals surface area contributed by atoms with Gasteiger partial charge in [0.25, 0.3) is 0 Å². The molecule has 0 saturated carbocycles. The number of carbonyl (C=O) groups is 1. The van der Waals surface area contributed by atoms with Crippen LogP contribution in [0.25, 0.3) is 21.5 Å². The minimum absolute atomic E-state index is 0.276. The first-order chi connectivity index (χ1) is 10.8. The predicted octanol–water partition coefficient (Wildman–Crippen LogP) is 6.15. The molecule has 1 nitrogen and oxygen atoms in total. The quantitative estimate of drug-likeness (QED) is 0.302. The smallest absolute Gasteiger partial charge is 0.163 e. The van der Waals surface area contributed by atoms with E-state index >= 15 is 0 Å². The number of carbonyl (C=O) groups excluding carboxylic acids is 1. The fraction of sp³-hybridized carbons (Fsp3) is 0.286. The van der Waals surface area contributed by atoms with Crippen molar-refractivity contribution in [2.75, 3.05) is 0 Å². The molecule has 22 heavy (non-hydrogen) atoms. The second-order valence-corrected chi connectivity index (χ2v) is 5.92. The Labute approximate surface area is 132 Å². The SMILES string of the molecule is CCCCCCC(=O)c1cc2ccccc2c2ccccc12. The van der Waals surface area contributed by atoms with E-state index in [-0.39, 0.29) is 5.78 Å². The van der Waals surface area contributed by atoms with Crippen molar-refractivity contribution in [3.63, 3.8) is 0 Å². The Morgan fingerprint density at radius 2 is 1.50 bits per heavy atom. The average molecular weight is 290 g/mol. The molecule has 0 aliphatic rings. The highest BCUT2D eigenvalue weighted by Gasteiger charge is 2.12. The van der Waals surface area contributed by atoms with Crippen LogP contribution in [-0.2, 0) is 0 Å². The normalized spacial score (nSPS) is 11.1. The fourth-order valence-electron chi connectivity index (χ4n) is 3.13. The molecule has 112 valence electrons. The molecule has 0 unspecified atom stereocenters. The van der Waals surface area contributed by atoms with Crippen LogP contribution in [0.2, 0.25) is 0 Å². The molecule has 0 aliphatic carbocycles. The largest absolute Gasteiger partial charge is 0.294 e. The van der Waals surface area contributed by atoms with Gasteiger partial charge in [0.05, 0.1) is 0 Å². The average Bonchev–Trinajstić information content (AvgIpc) is 2.58. The van der Waals surface area contributed by atoms with Gasteiger partial charge in [0.2, 0.25) is 0 Å². The molecule has 3 aromatic rings. The number of hydrogen-bond donors (Lipinski definition) is 0. The third-order valence-electron chi connectivity index (χ3n) is 4.33. The van der Waals surface area contributed by atoms with Crippen molar-refractivity contribution in [3.05, 3.63) is 60.2 Å². The van der Waals surface area contributed by atoms with Crippen molar-refractivity contribution in [1.82, 2.24) is 0 Å². The number of hydrogen-bond acceptors (Lipinski definition) is 1. The minimum Gasteiger partial charge on any atom is -0.294 e. The van der Waals surface area contributed by atoms with Gasteiger partial charge in [0.15, 0.2) is 5.78 Å². The van der Waals surface area contributed by atoms with E-state index in [1.165, 1.54) is 23.6 Å². The molecule has 0 aliphatic heterocycles. The molecule has 0 radical (unpaired) electrons. The molecule has 3 rings (SSSR count). The van der Waals surface area contributed by atoms with Crippen molar-refractivity contribution in [1.29, 1.82) is 0 Å². The molecular weight excluding hydrogens is 268 g/mol. The zero-order chi connectivity index (χ0) is 15.4. The van der Waals surface area contributed by atoms with Gasteiger partial charge in [0.1, 0.15) is 0 Å². The van der Waals surface area contributed by atoms with E-state index in [0.717, 1.165) is 29.2 Å². The molecule has 0 atom stereocenters. The van der Waals surface area contributed by atoms with E-state index in [9.17, 15) is 4.79 Å². The Bertz CT molecular complexity index is 801. The van der Waals surface area contributed by atoms with Gasteiger partial charge in [-0.1, -0.05) is 74.7 Å². The lowest BCUT2D eigenvalue weighted by molar-refractivity contribution is 0.0981. The fourth-order valence-corrected chi connectivity index (χ4v) is 3.13. The van der Waals surface area contributed by atoms with Gasteiger partial charge in [-0.2, -0.15) is 0 Å². The maximum atomic E-state index is 12.7. The highest BCUT2D eigenvalue weighted by Crippen LogP contribution is 2.29. The summed E-state index contributed by atoms with van der Waals surface area (Å²) in [6.45, 7) is 2.19. The van der Waals surface area contributed by atoms with Crippen LogP contribution in [0.4, 0.5) is 0 Å². The summed E-state index contributed by atoms with van der Waals surface area (Å²) in [5, 5.41) is 4.64. The van der Waals surface area contributed by atoms with Crippen LogP contribution < -0.4 is 0 Å². The zero-order valence-corrected chi connectivity index (χ0v) is 13.1. The van der Waals surface area contributed by atoms with Crippen LogP contribution in [0.5, 0.6) is 0 Å². The zero-order valence-electron chi connectivity index (χ0n) is 13.1. The summed E-state index contributed by atoms with van der Waals surface area (Å²) in [5.41, 5.74) is 0.880. The maximum Gasteiger partial charge on any atom is 0.163 e. The van der Waals surface area contributed by atoms with Crippen molar-refractivity contribution in [2.45, 2.75) is 39.0 Å². The summed E-state index contributed by atoms with van der Waals surface area (Å²) in [4.78, 5) is 12.7. The number of Topliss-reactive ketones (excluding diaryl/α,β-unsaturated/α-hetero) is 1. The predicted molar refractivity (Wildman–Crippen MR) is 94.5 cm³/mol. The van der Waals surface area contributed by atoms with Gasteiger partial charge < -0.3 is 0 Å². The Morgan fingerprint density at radius 3 is 2.27 bits per heavy atom. The number of fused-ring (bicyclic) bond motifs is 3. The van der Waals surface area contributed by atoms with Crippen molar-refractivity contribution >= 4 is 27.3 Å². The Hall–Kier alpha value is -2.15. The molecule has 0 fully saturated rings. The standard InChI is InChI=1S/C21H22O/c1-2-3-4-5-14-21(22)20-15-16-10-6-7-11-17(16)18-12-8-9-13-19(18)20/h6-13,15H,2-5,14H2,1H3. The molecule has 0 spiro atoms. The van der Waals surface area contributed by atoms with Crippen LogP contribution in [0.1, 0.15) is 49.4 Å². The summed E-state index contributed by atoms with van der Waals surface area (Å²) in [6, 6.07) is 18.6. The van der Waals surface area contributed by atoms with Gasteiger partial charge in [-0.15, -0.1) is 0 Å². The van der Waals surface area contributed by atoms with E-state index in [2.05, 4.69) is 43.3 Å². The summed E-state index contributed by atoms with van der Waals surface area (Å²) in [6.07, 6.45) is 5.21. The van der Waals surface area contributed by atoms with Crippen LogP contribution in [0, 0.1) is 0 Å². The lowest BCUT2D eigenvalue weighted by atomic mass is 9.93. The van der Waals surface area contributed by atoms with E-state index in [1.54, 1.807) is 0 Å². The summed E-state index contributed by atoms with van der Waals surface area (Å²) in [7, 11) is 0. The monoisotopic (exact) mass is 290 g/mol. The minimum atomic E-state index is 0.276. The second-order valence-electron chi connectivity index (χ2n) is 5.92. The third kappa shape index (κ3) is 2.89. The van der Waals surface area contributed by atoms with Crippen LogP contribution >= 0.6 is 0 Å². The van der Waals surface area contributed by atoms with Crippen molar-refractivity contribution in [2.24, 2.45) is 0 Å². The number of unbranched alkanes of at least 4 members (excludes halogenated alkanes) is 3. The first-order valence-corrected chi connectivity index (χ1v) is 8.25. The summed E-state index contributed by atoms with van der Waals surface area (Å²) >= 11 is 0. The van der Waals surface area contributed by atoms with Crippen molar-refractivity contribution in [3.8, 4) is 0 Å². The van der Waals surface area contributed by atoms with Gasteiger partial charge in [-0.05, 0) is 34.0 Å². The molecule has 0 heterocycles. The van der Waals surface area contributed by atoms with Gasteiger partial charge in [-0.25, -0.2) is 0 Å². The topological polar surface area (TPSA) is 17.1 Å². The first kappa shape index (κ1) is 14.8. The van der Waals surface area contributed by atoms with Crippen molar-refractivity contribution < 1.29 is 4.79 Å². The van der Waals surface area contributed by atoms with Crippen LogP contribution in [0.15, 0.2) is 54.6 Å². The number of rotatable bonds is 6. The lowest BCUT2D eigenvalue weighted by Crippen LogP contribution is -2.00. The molecular formula is C21H22O. The summed E-state index contributed by atoms with van der Waals surface area (Å²) in [5.74, 6) is 0.276. The molecule has 0 N–H and O–H groups in total. The summed E-state index contributed by atoms with van der Waals surface area (Å²) < 4.78 is 0. The molecule has 3 aromatic carbocycles. The Balaban J connectivity index is 2.02. The van der Waals surface area contributed by atoms with Gasteiger partial charge in [-0.3, -0.25) is 4.79 Å². The molecule has 0 aromatic heterocycles. The van der Waals surface area contributed by atoms with Gasteiger partial charge in [0, 0.05) is 12.0 Å². The van der Waals surface area contributed by atoms with Gasteiger partial charge >= 0.3 is 0 Å². The Morgan fingerprint density at radius 1 is 0.818 bits per heavy atom. The lowest BCUT2D eigenvalue weighted by Gasteiger charge is -2.10. The molecule has 0 saturated heterocycles. The maximum absolute atomic E-state index is 12.7. The van der Waals surface area contributed by atoms with E-state index in [1.807, 2.05) is 18.2 Å². The van der Waals surface area contributed by atoms with E-state index < -0.39 is 0 Å². The molecule has 0 bridgehead atoms. The van der Waals surface area contributed by atoms with E-state index in [0.29, 0.717) is 6.42 Å². The molecule has 0 amide bonds. The van der Waals surface area contributed by atoms with E-state index in [4.69, 9.17) is 0 Å². The number of benzene rings is 3. The second kappa shape index (κ2) is 6.74. The highest BCUT2D eigenvalue weighted by molar-refractivity contribution is 6.17. The van der Waals surface area contributed by atoms with Crippen LogP contribution in [0.3, 0.4) is 0 Å².